The zero-order valence-corrected chi connectivity index (χ0v) is 23.9. The maximum Gasteiger partial charge on any atom is 0.490 e. The Morgan fingerprint density at radius 1 is 1.15 bits per heavy atom. The molecule has 0 bridgehead atoms. The van der Waals surface area contributed by atoms with Gasteiger partial charge in [0.1, 0.15) is 0 Å². The number of nitrogens with one attached hydrogen (secondary N) is 4. The molecule has 2 heterocycles. The number of hydrogen-bond acceptors (Lipinski definition) is 9. The van der Waals surface area contributed by atoms with E-state index in [4.69, 9.17) is 15.6 Å². The number of carbonyl (C=O) groups is 4. The van der Waals surface area contributed by atoms with Crippen LogP contribution in [-0.4, -0.2) is 97.7 Å². The number of carboxylic acids is 1. The van der Waals surface area contributed by atoms with E-state index in [2.05, 4.69) is 21.3 Å². The highest BCUT2D eigenvalue weighted by molar-refractivity contribution is 8.71. The van der Waals surface area contributed by atoms with E-state index in [1.54, 1.807) is 0 Å². The van der Waals surface area contributed by atoms with E-state index in [1.165, 1.54) is 0 Å². The quantitative estimate of drug-likeness (QED) is 0.0861. The maximum atomic E-state index is 12.0. The number of urea groups is 1. The first-order chi connectivity index (χ1) is 18.1. The number of nitrogens with two attached hydrogens (primary N) is 1. The monoisotopic (exact) mass is 623 g/mol. The highest BCUT2D eigenvalue weighted by Crippen LogP contribution is 2.33. The molecule has 12 nitrogen and oxygen atoms in total. The van der Waals surface area contributed by atoms with Gasteiger partial charge in [-0.3, -0.25) is 9.59 Å². The molecule has 2 saturated heterocycles. The van der Waals surface area contributed by atoms with Crippen molar-refractivity contribution in [3.8, 4) is 0 Å². The fourth-order valence-electron chi connectivity index (χ4n) is 3.71. The van der Waals surface area contributed by atoms with Gasteiger partial charge in [-0.2, -0.15) is 24.9 Å². The molecule has 4 atom stereocenters. The molecule has 0 saturated carbocycles. The fraction of sp³-hybridized carbons (Fsp3) is 0.810. The number of hydrogen-bond donors (Lipinski definition) is 6. The Hall–Kier alpha value is -1.92. The summed E-state index contributed by atoms with van der Waals surface area (Å²) in [5.74, 6) is -1.78. The Bertz CT molecular complexity index is 941. The average Bonchev–Trinajstić information content (AvgIpc) is 3.37. The normalized spacial score (nSPS) is 21.1. The summed E-state index contributed by atoms with van der Waals surface area (Å²) in [6.45, 7) is 0.810. The van der Waals surface area contributed by atoms with E-state index >= 15 is 0 Å². The lowest BCUT2D eigenvalue weighted by Gasteiger charge is -2.16. The van der Waals surface area contributed by atoms with Crippen LogP contribution in [0.25, 0.3) is 0 Å². The molecule has 2 fully saturated rings. The highest BCUT2D eigenvalue weighted by Gasteiger charge is 2.42. The SMILES string of the molecule is CS(=O)(=O)SCCNC(=O)C(N)CCCCNC(=O)CCCCC1SCC2NC(=O)NC21.O=C(O)C(F)(F)F. The van der Waals surface area contributed by atoms with E-state index < -0.39 is 27.1 Å². The number of fused-ring (bicyclic) bond motifs is 1. The first kappa shape index (κ1) is 35.1. The molecule has 2 aliphatic rings. The number of amides is 4. The standard InChI is InChI=1S/C19H35N5O5S3.C2HF3O2/c1-32(28,29)31-11-10-22-18(26)13(20)6-4-5-9-21-16(25)8-3-2-7-15-17-14(12-30-15)23-19(27)24-17;3-2(4,5)1(6)7/h13-15,17H,2-12,20H2,1H3,(H,21,25)(H,22,26)(H2,23,24,27);(H,6,7). The van der Waals surface area contributed by atoms with Crippen molar-refractivity contribution in [2.45, 2.75) is 74.5 Å². The summed E-state index contributed by atoms with van der Waals surface area (Å²) in [6.07, 6.45) is 1.27. The lowest BCUT2D eigenvalue weighted by atomic mass is 10.0. The van der Waals surface area contributed by atoms with Crippen LogP contribution < -0.4 is 27.0 Å². The van der Waals surface area contributed by atoms with Crippen LogP contribution in [0.5, 0.6) is 0 Å². The third-order valence-electron chi connectivity index (χ3n) is 5.62. The van der Waals surface area contributed by atoms with E-state index in [9.17, 15) is 36.0 Å². The maximum absolute atomic E-state index is 12.0. The zero-order valence-electron chi connectivity index (χ0n) is 21.4. The molecule has 7 N–H and O–H groups in total. The van der Waals surface area contributed by atoms with Gasteiger partial charge in [0.05, 0.1) is 18.1 Å². The molecule has 0 aromatic rings. The smallest absolute Gasteiger partial charge is 0.475 e. The highest BCUT2D eigenvalue weighted by atomic mass is 33.1. The second kappa shape index (κ2) is 17.0. The van der Waals surface area contributed by atoms with Gasteiger partial charge in [0.25, 0.3) is 0 Å². The van der Waals surface area contributed by atoms with Gasteiger partial charge < -0.3 is 32.1 Å². The third kappa shape index (κ3) is 15.4. The molecule has 4 unspecified atom stereocenters. The van der Waals surface area contributed by atoms with Crippen molar-refractivity contribution < 1.29 is 45.9 Å². The average molecular weight is 624 g/mol. The van der Waals surface area contributed by atoms with Gasteiger partial charge in [-0.25, -0.2) is 18.0 Å². The molecule has 0 aromatic heterocycles. The number of aliphatic carboxylic acids is 1. The number of rotatable bonds is 15. The van der Waals surface area contributed by atoms with Crippen LogP contribution in [0, 0.1) is 0 Å². The predicted octanol–water partition coefficient (Wildman–Crippen LogP) is 0.768. The van der Waals surface area contributed by atoms with Gasteiger partial charge in [0, 0.05) is 42.5 Å². The minimum absolute atomic E-state index is 0.0307. The topological polar surface area (TPSA) is 197 Å². The summed E-state index contributed by atoms with van der Waals surface area (Å²) in [5.41, 5.74) is 5.85. The second-order valence-electron chi connectivity index (χ2n) is 8.94. The van der Waals surface area contributed by atoms with Gasteiger partial charge in [-0.1, -0.05) is 6.42 Å². The molecule has 226 valence electrons. The van der Waals surface area contributed by atoms with Crippen molar-refractivity contribution in [2.24, 2.45) is 5.73 Å². The van der Waals surface area contributed by atoms with Crippen molar-refractivity contribution in [1.29, 1.82) is 0 Å². The van der Waals surface area contributed by atoms with Gasteiger partial charge in [0.2, 0.25) is 11.8 Å². The number of carbonyl (C=O) groups excluding carboxylic acids is 3. The van der Waals surface area contributed by atoms with Crippen molar-refractivity contribution in [1.82, 2.24) is 21.3 Å². The van der Waals surface area contributed by atoms with Crippen molar-refractivity contribution in [2.75, 3.05) is 30.9 Å². The van der Waals surface area contributed by atoms with Gasteiger partial charge in [-0.05, 0) is 42.9 Å². The number of thioether (sulfide) groups is 1. The third-order valence-corrected chi connectivity index (χ3v) is 9.71. The Kier molecular flexibility index (Phi) is 15.3. The van der Waals surface area contributed by atoms with Crippen LogP contribution in [0.3, 0.4) is 0 Å². The van der Waals surface area contributed by atoms with Gasteiger partial charge in [0.15, 0.2) is 8.87 Å². The minimum Gasteiger partial charge on any atom is -0.475 e. The molecule has 39 heavy (non-hydrogen) atoms. The van der Waals surface area contributed by atoms with E-state index in [-0.39, 0.29) is 42.2 Å². The molecule has 0 aromatic carbocycles. The van der Waals surface area contributed by atoms with Gasteiger partial charge >= 0.3 is 18.2 Å². The molecule has 0 aliphatic carbocycles. The predicted molar refractivity (Wildman–Crippen MR) is 143 cm³/mol. The first-order valence-corrected chi connectivity index (χ1v) is 16.7. The summed E-state index contributed by atoms with van der Waals surface area (Å²) in [7, 11) is -2.31. The lowest BCUT2D eigenvalue weighted by molar-refractivity contribution is -0.192. The Morgan fingerprint density at radius 3 is 2.44 bits per heavy atom. The Balaban J connectivity index is 0.000000956. The summed E-state index contributed by atoms with van der Waals surface area (Å²) >= 11 is 1.88. The summed E-state index contributed by atoms with van der Waals surface area (Å²) in [6, 6.07) is -0.267. The largest absolute Gasteiger partial charge is 0.490 e. The molecule has 2 rings (SSSR count). The number of unbranched alkanes of at least 4 members (excludes halogenated alkanes) is 2. The van der Waals surface area contributed by atoms with Crippen LogP contribution >= 0.6 is 22.6 Å². The number of halogens is 3. The first-order valence-electron chi connectivity index (χ1n) is 12.2. The summed E-state index contributed by atoms with van der Waals surface area (Å²) < 4.78 is 53.8. The van der Waals surface area contributed by atoms with Crippen LogP contribution in [0.1, 0.15) is 44.9 Å². The fourth-order valence-corrected chi connectivity index (χ4v) is 6.90. The van der Waals surface area contributed by atoms with E-state index in [1.807, 2.05) is 11.8 Å². The summed E-state index contributed by atoms with van der Waals surface area (Å²) in [5, 5.41) is 19.0. The summed E-state index contributed by atoms with van der Waals surface area (Å²) in [4.78, 5) is 44.1. The Morgan fingerprint density at radius 2 is 1.82 bits per heavy atom. The molecule has 18 heteroatoms. The van der Waals surface area contributed by atoms with Crippen LogP contribution in [0.4, 0.5) is 18.0 Å². The van der Waals surface area contributed by atoms with E-state index in [0.29, 0.717) is 31.1 Å². The van der Waals surface area contributed by atoms with Crippen LogP contribution in [0.2, 0.25) is 0 Å². The van der Waals surface area contributed by atoms with Gasteiger partial charge in [-0.15, -0.1) is 0 Å². The molecular weight excluding hydrogens is 587 g/mol. The second-order valence-corrected chi connectivity index (χ2v) is 14.8. The van der Waals surface area contributed by atoms with Crippen LogP contribution in [-0.2, 0) is 23.3 Å². The molecule has 4 amide bonds. The van der Waals surface area contributed by atoms with Crippen molar-refractivity contribution in [3.05, 3.63) is 0 Å². The van der Waals surface area contributed by atoms with Crippen molar-refractivity contribution >= 4 is 55.2 Å². The lowest BCUT2D eigenvalue weighted by Crippen LogP contribution is -2.41. The molecular formula is C21H36F3N5O7S3. The molecule has 0 spiro atoms. The zero-order chi connectivity index (χ0) is 29.6. The van der Waals surface area contributed by atoms with Crippen LogP contribution in [0.15, 0.2) is 0 Å². The van der Waals surface area contributed by atoms with E-state index in [0.717, 1.165) is 48.5 Å². The minimum atomic E-state index is -5.08. The Labute approximate surface area is 233 Å². The number of carboxylic acid groups (broad SMARTS) is 1. The van der Waals surface area contributed by atoms with Crippen molar-refractivity contribution in [3.63, 3.8) is 0 Å². The molecule has 2 aliphatic heterocycles. The molecule has 0 radical (unpaired) electrons. The number of alkyl halides is 3.